The minimum atomic E-state index is -0.739. The largest absolute Gasteiger partial charge is 0.409 e. The van der Waals surface area contributed by atoms with Gasteiger partial charge in [0, 0.05) is 34.9 Å². The van der Waals surface area contributed by atoms with E-state index in [2.05, 4.69) is 10.5 Å². The standard InChI is InChI=1S/C12H19N3O2S/c1-18(17)8-4-7-14-9-10-5-2-3-6-11(10)12(13)15-16/h2-3,5-6,14,16H,4,7-9H2,1H3,(H2,13,15). The Kier molecular flexibility index (Phi) is 6.38. The molecule has 0 saturated heterocycles. The summed E-state index contributed by atoms with van der Waals surface area (Å²) in [5, 5.41) is 15.0. The van der Waals surface area contributed by atoms with Crippen molar-refractivity contribution in [2.75, 3.05) is 18.6 Å². The molecule has 6 heteroatoms. The molecule has 0 radical (unpaired) electrons. The SMILES string of the molecule is CS(=O)CCCNCc1ccccc1/C(N)=N/O. The third-order valence-electron chi connectivity index (χ3n) is 2.50. The average Bonchev–Trinajstić information content (AvgIpc) is 2.37. The Morgan fingerprint density at radius 3 is 2.89 bits per heavy atom. The first kappa shape index (κ1) is 14.7. The van der Waals surface area contributed by atoms with Crippen LogP contribution in [-0.2, 0) is 17.3 Å². The monoisotopic (exact) mass is 269 g/mol. The van der Waals surface area contributed by atoms with E-state index in [1.165, 1.54) is 0 Å². The summed E-state index contributed by atoms with van der Waals surface area (Å²) < 4.78 is 10.9. The van der Waals surface area contributed by atoms with Crippen LogP contribution in [-0.4, -0.2) is 33.8 Å². The van der Waals surface area contributed by atoms with E-state index in [9.17, 15) is 4.21 Å². The van der Waals surface area contributed by atoms with E-state index >= 15 is 0 Å². The molecule has 1 aromatic rings. The minimum absolute atomic E-state index is 0.113. The lowest BCUT2D eigenvalue weighted by Crippen LogP contribution is -2.21. The molecule has 18 heavy (non-hydrogen) atoms. The topological polar surface area (TPSA) is 87.7 Å². The molecule has 0 aliphatic rings. The molecule has 5 nitrogen and oxygen atoms in total. The van der Waals surface area contributed by atoms with Crippen molar-refractivity contribution in [3.63, 3.8) is 0 Å². The van der Waals surface area contributed by atoms with Crippen LogP contribution in [0.1, 0.15) is 17.5 Å². The third kappa shape index (κ3) is 4.85. The van der Waals surface area contributed by atoms with Gasteiger partial charge in [0.15, 0.2) is 5.84 Å². The molecular formula is C12H19N3O2S. The molecule has 0 amide bonds. The number of rotatable bonds is 7. The van der Waals surface area contributed by atoms with Gasteiger partial charge in [0.05, 0.1) is 0 Å². The summed E-state index contributed by atoms with van der Waals surface area (Å²) in [4.78, 5) is 0. The number of benzene rings is 1. The van der Waals surface area contributed by atoms with Gasteiger partial charge >= 0.3 is 0 Å². The number of oxime groups is 1. The summed E-state index contributed by atoms with van der Waals surface area (Å²) in [6, 6.07) is 7.49. The maximum absolute atomic E-state index is 10.9. The number of amidine groups is 1. The maximum Gasteiger partial charge on any atom is 0.170 e. The second kappa shape index (κ2) is 7.84. The first-order valence-corrected chi connectivity index (χ1v) is 7.44. The first-order chi connectivity index (χ1) is 8.65. The summed E-state index contributed by atoms with van der Waals surface area (Å²) >= 11 is 0. The highest BCUT2D eigenvalue weighted by Gasteiger charge is 2.05. The van der Waals surface area contributed by atoms with Gasteiger partial charge in [-0.25, -0.2) is 0 Å². The number of hydrogen-bond acceptors (Lipinski definition) is 4. The van der Waals surface area contributed by atoms with Crippen LogP contribution in [0.15, 0.2) is 29.4 Å². The molecule has 0 aliphatic carbocycles. The molecule has 0 fully saturated rings. The smallest absolute Gasteiger partial charge is 0.170 e. The summed E-state index contributed by atoms with van der Waals surface area (Å²) in [5.41, 5.74) is 7.30. The van der Waals surface area contributed by atoms with Crippen LogP contribution < -0.4 is 11.1 Å². The molecule has 4 N–H and O–H groups in total. The fourth-order valence-electron chi connectivity index (χ4n) is 1.60. The molecule has 0 spiro atoms. The molecular weight excluding hydrogens is 250 g/mol. The van der Waals surface area contributed by atoms with Crippen molar-refractivity contribution in [1.29, 1.82) is 0 Å². The van der Waals surface area contributed by atoms with E-state index in [1.54, 1.807) is 6.26 Å². The molecule has 1 atom stereocenters. The Morgan fingerprint density at radius 2 is 2.22 bits per heavy atom. The zero-order chi connectivity index (χ0) is 13.4. The van der Waals surface area contributed by atoms with Gasteiger partial charge in [-0.3, -0.25) is 4.21 Å². The van der Waals surface area contributed by atoms with Crippen molar-refractivity contribution in [2.45, 2.75) is 13.0 Å². The van der Waals surface area contributed by atoms with E-state index in [0.29, 0.717) is 12.3 Å². The fourth-order valence-corrected chi connectivity index (χ4v) is 2.15. The Balaban J connectivity index is 2.49. The zero-order valence-electron chi connectivity index (χ0n) is 10.4. The number of hydrogen-bond donors (Lipinski definition) is 3. The van der Waals surface area contributed by atoms with Gasteiger partial charge in [0.25, 0.3) is 0 Å². The average molecular weight is 269 g/mol. The highest BCUT2D eigenvalue weighted by molar-refractivity contribution is 7.84. The molecule has 0 saturated carbocycles. The van der Waals surface area contributed by atoms with Crippen molar-refractivity contribution in [2.24, 2.45) is 10.9 Å². The molecule has 100 valence electrons. The van der Waals surface area contributed by atoms with Crippen LogP contribution in [0.2, 0.25) is 0 Å². The lowest BCUT2D eigenvalue weighted by atomic mass is 10.1. The Hall–Kier alpha value is -1.40. The van der Waals surface area contributed by atoms with Crippen LogP contribution >= 0.6 is 0 Å². The maximum atomic E-state index is 10.9. The quantitative estimate of drug-likeness (QED) is 0.223. The van der Waals surface area contributed by atoms with Gasteiger partial charge in [-0.1, -0.05) is 29.4 Å². The highest BCUT2D eigenvalue weighted by atomic mass is 32.2. The van der Waals surface area contributed by atoms with Crippen molar-refractivity contribution in [3.05, 3.63) is 35.4 Å². The van der Waals surface area contributed by atoms with E-state index in [0.717, 1.165) is 24.1 Å². The van der Waals surface area contributed by atoms with Crippen molar-refractivity contribution < 1.29 is 9.42 Å². The molecule has 0 bridgehead atoms. The fraction of sp³-hybridized carbons (Fsp3) is 0.417. The lowest BCUT2D eigenvalue weighted by Gasteiger charge is -2.09. The van der Waals surface area contributed by atoms with Crippen LogP contribution in [0, 0.1) is 0 Å². The van der Waals surface area contributed by atoms with Crippen LogP contribution in [0.25, 0.3) is 0 Å². The summed E-state index contributed by atoms with van der Waals surface area (Å²) in [6.07, 6.45) is 2.57. The van der Waals surface area contributed by atoms with E-state index < -0.39 is 10.8 Å². The molecule has 0 aliphatic heterocycles. The van der Waals surface area contributed by atoms with Gasteiger partial charge in [-0.05, 0) is 18.5 Å². The second-order valence-electron chi connectivity index (χ2n) is 3.95. The molecule has 1 unspecified atom stereocenters. The normalized spacial score (nSPS) is 13.5. The number of nitrogens with zero attached hydrogens (tertiary/aromatic N) is 1. The van der Waals surface area contributed by atoms with Gasteiger partial charge in [-0.15, -0.1) is 0 Å². The van der Waals surface area contributed by atoms with Gasteiger partial charge < -0.3 is 16.3 Å². The summed E-state index contributed by atoms with van der Waals surface area (Å²) in [7, 11) is -0.739. The predicted molar refractivity (Wildman–Crippen MR) is 74.2 cm³/mol. The Morgan fingerprint density at radius 1 is 1.50 bits per heavy atom. The molecule has 0 aromatic heterocycles. The van der Waals surface area contributed by atoms with E-state index in [4.69, 9.17) is 10.9 Å². The lowest BCUT2D eigenvalue weighted by molar-refractivity contribution is 0.318. The van der Waals surface area contributed by atoms with Crippen LogP contribution in [0.3, 0.4) is 0 Å². The third-order valence-corrected chi connectivity index (χ3v) is 3.37. The van der Waals surface area contributed by atoms with Gasteiger partial charge in [0.1, 0.15) is 0 Å². The Bertz CT molecular complexity index is 435. The van der Waals surface area contributed by atoms with Crippen LogP contribution in [0.5, 0.6) is 0 Å². The first-order valence-electron chi connectivity index (χ1n) is 5.71. The summed E-state index contributed by atoms with van der Waals surface area (Å²) in [6.45, 7) is 1.44. The summed E-state index contributed by atoms with van der Waals surface area (Å²) in [5.74, 6) is 0.816. The van der Waals surface area contributed by atoms with Crippen LogP contribution in [0.4, 0.5) is 0 Å². The second-order valence-corrected chi connectivity index (χ2v) is 5.50. The Labute approximate surface area is 110 Å². The molecule has 0 heterocycles. The van der Waals surface area contributed by atoms with Crippen molar-refractivity contribution in [3.8, 4) is 0 Å². The van der Waals surface area contributed by atoms with E-state index in [-0.39, 0.29) is 5.84 Å². The van der Waals surface area contributed by atoms with Gasteiger partial charge in [0.2, 0.25) is 0 Å². The minimum Gasteiger partial charge on any atom is -0.409 e. The van der Waals surface area contributed by atoms with Crippen molar-refractivity contribution in [1.82, 2.24) is 5.32 Å². The molecule has 1 rings (SSSR count). The predicted octanol–water partition coefficient (Wildman–Crippen LogP) is 0.639. The van der Waals surface area contributed by atoms with E-state index in [1.807, 2.05) is 24.3 Å². The van der Waals surface area contributed by atoms with Gasteiger partial charge in [-0.2, -0.15) is 0 Å². The molecule has 1 aromatic carbocycles. The van der Waals surface area contributed by atoms with Crippen molar-refractivity contribution >= 4 is 16.6 Å². The number of nitrogens with one attached hydrogen (secondary N) is 1. The highest BCUT2D eigenvalue weighted by Crippen LogP contribution is 2.08. The number of nitrogens with two attached hydrogens (primary N) is 1. The zero-order valence-corrected chi connectivity index (χ0v) is 11.2.